The van der Waals surface area contributed by atoms with E-state index in [1.807, 2.05) is 60.0 Å². The van der Waals surface area contributed by atoms with Gasteiger partial charge in [-0.25, -0.2) is 23.1 Å². The number of ether oxygens (including phenoxy) is 5. The molecule has 0 spiro atoms. The van der Waals surface area contributed by atoms with Crippen LogP contribution < -0.4 is 30.7 Å². The molecule has 2 N–H and O–H groups in total. The van der Waals surface area contributed by atoms with Gasteiger partial charge in [-0.15, -0.1) is 0 Å². The van der Waals surface area contributed by atoms with E-state index in [1.54, 1.807) is 64.9 Å². The Bertz CT molecular complexity index is 3910. The number of piperidine rings is 2. The highest BCUT2D eigenvalue weighted by Crippen LogP contribution is 2.54. The van der Waals surface area contributed by atoms with E-state index in [-0.39, 0.29) is 86.8 Å². The molecule has 466 valence electrons. The molecular weight excluding hydrogens is 1130 g/mol. The summed E-state index contributed by atoms with van der Waals surface area (Å²) in [7, 11) is 3.26. The van der Waals surface area contributed by atoms with Crippen molar-refractivity contribution in [2.45, 2.75) is 154 Å². The van der Waals surface area contributed by atoms with Crippen LogP contribution in [0.1, 0.15) is 137 Å². The van der Waals surface area contributed by atoms with Crippen LogP contribution in [0, 0.1) is 12.7 Å². The van der Waals surface area contributed by atoms with Gasteiger partial charge in [-0.3, -0.25) is 33.7 Å². The number of aryl methyl sites for hydroxylation is 1. The van der Waals surface area contributed by atoms with Gasteiger partial charge in [0.1, 0.15) is 48.2 Å². The molecule has 4 aromatic carbocycles. The summed E-state index contributed by atoms with van der Waals surface area (Å²) in [6, 6.07) is 15.0. The predicted octanol–water partition coefficient (Wildman–Crippen LogP) is 9.08. The van der Waals surface area contributed by atoms with Crippen molar-refractivity contribution in [3.05, 3.63) is 105 Å². The summed E-state index contributed by atoms with van der Waals surface area (Å²) in [6.45, 7) is 14.1. The summed E-state index contributed by atoms with van der Waals surface area (Å²) < 4.78 is 68.9. The monoisotopic (exact) mass is 1210 g/mol. The Balaban J connectivity index is 0.849. The topological polar surface area (TPSA) is 219 Å². The van der Waals surface area contributed by atoms with Gasteiger partial charge in [-0.1, -0.05) is 18.2 Å². The van der Waals surface area contributed by atoms with Gasteiger partial charge in [0.2, 0.25) is 11.8 Å². The number of nitrogens with zero attached hydrogens (tertiary/aromatic N) is 9. The van der Waals surface area contributed by atoms with Crippen molar-refractivity contribution in [3.63, 3.8) is 0 Å². The third-order valence-corrected chi connectivity index (χ3v) is 17.8. The number of rotatable bonds is 16. The fourth-order valence-corrected chi connectivity index (χ4v) is 12.9. The van der Waals surface area contributed by atoms with Crippen LogP contribution in [0.3, 0.4) is 0 Å². The second-order valence-corrected chi connectivity index (χ2v) is 25.3. The van der Waals surface area contributed by atoms with E-state index < -0.39 is 41.7 Å². The summed E-state index contributed by atoms with van der Waals surface area (Å²) in [5.74, 6) is -0.534. The maximum Gasteiger partial charge on any atom is 0.407 e. The highest BCUT2D eigenvalue weighted by Gasteiger charge is 2.38. The number of imide groups is 1. The van der Waals surface area contributed by atoms with Crippen LogP contribution >= 0.6 is 0 Å². The number of anilines is 1. The number of carbonyl (C=O) groups is 4. The van der Waals surface area contributed by atoms with E-state index >= 15 is 8.78 Å². The number of benzene rings is 4. The number of nitrogens with one attached hydrogen (secondary N) is 2. The zero-order valence-electron chi connectivity index (χ0n) is 51.2. The number of carbonyl (C=O) groups excluding carboxylic acids is 4. The maximum atomic E-state index is 16.9. The third-order valence-electron chi connectivity index (χ3n) is 17.8. The second kappa shape index (κ2) is 24.5. The van der Waals surface area contributed by atoms with E-state index in [0.29, 0.717) is 106 Å². The van der Waals surface area contributed by atoms with Gasteiger partial charge in [0.15, 0.2) is 12.0 Å². The number of amides is 4. The first kappa shape index (κ1) is 60.3. The molecule has 0 radical (unpaired) electrons. The molecule has 1 saturated carbocycles. The van der Waals surface area contributed by atoms with Crippen molar-refractivity contribution in [1.82, 2.24) is 49.3 Å². The first-order valence-corrected chi connectivity index (χ1v) is 30.7. The highest BCUT2D eigenvalue weighted by molar-refractivity contribution is 6.06. The minimum Gasteiger partial charge on any atom is -0.486 e. The molecule has 4 amide bonds. The maximum absolute atomic E-state index is 16.9. The predicted molar refractivity (Wildman–Crippen MR) is 326 cm³/mol. The van der Waals surface area contributed by atoms with Crippen molar-refractivity contribution in [1.29, 1.82) is 0 Å². The van der Waals surface area contributed by atoms with Crippen LogP contribution in [0.4, 0.5) is 19.4 Å². The van der Waals surface area contributed by atoms with Crippen molar-refractivity contribution < 1.29 is 51.6 Å². The number of methoxy groups -OCH3 is 1. The van der Waals surface area contributed by atoms with Gasteiger partial charge < -0.3 is 38.8 Å². The van der Waals surface area contributed by atoms with E-state index in [2.05, 4.69) is 15.5 Å². The molecule has 21 nitrogen and oxygen atoms in total. The van der Waals surface area contributed by atoms with Crippen LogP contribution in [0.15, 0.2) is 65.6 Å². The van der Waals surface area contributed by atoms with Gasteiger partial charge in [0.05, 0.1) is 41.4 Å². The number of halogens is 2. The standard InChI is InChI=1S/C65H77F2N11O10/c1-36-31-74(32-40-14-19-49-52(27-40)73(7)64(83)77(49)50-20-21-53(79)70-60(50)80)24-25-76(36)61(81)42-15-12-39(13-16-42)35-86-58-56(55-38(3)46(66)29-51-45(55)30-68-78(51)54-11-9-10-26-85-54)43(41-17-18-41)28-44-57(58)71-62(87-34-37(2)84-8)72-59(44)75-23-22-48(47(67)33-75)69-63(82)88-65(4,5)6/h12-16,19,27-30,36-37,41,47-48,50,54H,9-11,17-18,20-26,31-35H2,1-8H3,(H,69,82)(H,70,79,80)/t36-,37-,47-,48+,50?,54?/m0/s1. The smallest absolute Gasteiger partial charge is 0.407 e. The third kappa shape index (κ3) is 12.2. The Hall–Kier alpha value is -8.02. The molecule has 5 aliphatic rings. The van der Waals surface area contributed by atoms with Gasteiger partial charge in [0, 0.05) is 99.5 Å². The van der Waals surface area contributed by atoms with Gasteiger partial charge in [-0.2, -0.15) is 15.1 Å². The lowest BCUT2D eigenvalue weighted by atomic mass is 9.88. The van der Waals surface area contributed by atoms with Crippen LogP contribution in [-0.2, 0) is 44.0 Å². The zero-order chi connectivity index (χ0) is 61.9. The Labute approximate surface area is 508 Å². The van der Waals surface area contributed by atoms with Crippen molar-refractivity contribution in [2.24, 2.45) is 7.05 Å². The SMILES string of the molecule is CO[C@@H](C)COc1nc(N2CC[C@@H](NC(=O)OC(C)(C)C)[C@@H](F)C2)c2cc(C3CC3)c(-c3c(C)c(F)cc4c3cnn4C3CCCCO3)c(OCc3ccc(C(=O)N4CCN(Cc5ccc6c(c5)n(C)c(=O)n6C5CCC(=O)NC5=O)C[C@@H]4C)cc3)c2n1. The Morgan fingerprint density at radius 2 is 1.67 bits per heavy atom. The van der Waals surface area contributed by atoms with Crippen molar-refractivity contribution in [3.8, 4) is 22.9 Å². The lowest BCUT2D eigenvalue weighted by molar-refractivity contribution is -0.135. The molecule has 4 aliphatic heterocycles. The summed E-state index contributed by atoms with van der Waals surface area (Å²) in [5.41, 5.74) is 5.95. The highest BCUT2D eigenvalue weighted by atomic mass is 19.1. The summed E-state index contributed by atoms with van der Waals surface area (Å²) in [6.07, 6.45) is 3.87. The Morgan fingerprint density at radius 3 is 2.38 bits per heavy atom. The summed E-state index contributed by atoms with van der Waals surface area (Å²) >= 11 is 0. The van der Waals surface area contributed by atoms with Gasteiger partial charge in [-0.05, 0) is 145 Å². The number of aromatic nitrogens is 6. The molecular formula is C65H77F2N11O10. The zero-order valence-corrected chi connectivity index (χ0v) is 51.2. The molecule has 23 heteroatoms. The second-order valence-electron chi connectivity index (χ2n) is 25.3. The van der Waals surface area contributed by atoms with Crippen molar-refractivity contribution >= 4 is 62.5 Å². The first-order valence-electron chi connectivity index (χ1n) is 30.7. The molecule has 0 bridgehead atoms. The van der Waals surface area contributed by atoms with E-state index in [0.717, 1.165) is 48.8 Å². The Kier molecular flexibility index (Phi) is 16.8. The lowest BCUT2D eigenvalue weighted by Crippen LogP contribution is -2.53. The Morgan fingerprint density at radius 1 is 0.886 bits per heavy atom. The van der Waals surface area contributed by atoms with E-state index in [4.69, 9.17) is 38.8 Å². The molecule has 1 aliphatic carbocycles. The summed E-state index contributed by atoms with van der Waals surface area (Å²) in [5, 5.41) is 11.3. The molecule has 5 fully saturated rings. The number of alkyl halides is 1. The minimum absolute atomic E-state index is 0.000862. The van der Waals surface area contributed by atoms with E-state index in [9.17, 15) is 24.0 Å². The normalized spacial score (nSPS) is 21.7. The van der Waals surface area contributed by atoms with Crippen LogP contribution in [0.2, 0.25) is 0 Å². The van der Waals surface area contributed by atoms with Gasteiger partial charge in [0.25, 0.3) is 5.91 Å². The molecule has 2 unspecified atom stereocenters. The number of fused-ring (bicyclic) bond motifs is 3. The molecule has 12 rings (SSSR count). The molecule has 4 saturated heterocycles. The number of imidazole rings is 1. The molecule has 6 atom stereocenters. The minimum atomic E-state index is -1.50. The van der Waals surface area contributed by atoms with Crippen molar-refractivity contribution in [2.75, 3.05) is 57.9 Å². The molecule has 3 aromatic heterocycles. The number of piperazine rings is 1. The number of alkyl carbamates (subject to hydrolysis) is 1. The number of hydrogen-bond acceptors (Lipinski definition) is 15. The molecule has 88 heavy (non-hydrogen) atoms. The molecule has 7 heterocycles. The van der Waals surface area contributed by atoms with Crippen LogP contribution in [0.25, 0.3) is 44.0 Å². The quantitative estimate of drug-likeness (QED) is 0.0862. The average molecular weight is 1210 g/mol. The van der Waals surface area contributed by atoms with E-state index in [1.165, 1.54) is 15.2 Å². The fraction of sp³-hybridized carbons (Fsp3) is 0.508. The summed E-state index contributed by atoms with van der Waals surface area (Å²) in [4.78, 5) is 81.5. The fourth-order valence-electron chi connectivity index (χ4n) is 12.9. The largest absolute Gasteiger partial charge is 0.486 e. The van der Waals surface area contributed by atoms with Gasteiger partial charge >= 0.3 is 17.8 Å². The van der Waals surface area contributed by atoms with Crippen LogP contribution in [0.5, 0.6) is 11.8 Å². The average Bonchev–Trinajstić information content (AvgIpc) is 1.49. The first-order chi connectivity index (χ1) is 42.2. The van der Waals surface area contributed by atoms with Crippen LogP contribution in [-0.4, -0.2) is 146 Å². The number of hydrogen-bond donors (Lipinski definition) is 2. The lowest BCUT2D eigenvalue weighted by Gasteiger charge is -2.40. The molecule has 7 aromatic rings.